The second-order valence-electron chi connectivity index (χ2n) is 5.95. The highest BCUT2D eigenvalue weighted by atomic mass is 79.9. The van der Waals surface area contributed by atoms with Crippen LogP contribution in [0.4, 0.5) is 0 Å². The van der Waals surface area contributed by atoms with Gasteiger partial charge in [-0.05, 0) is 47.3 Å². The van der Waals surface area contributed by atoms with Crippen molar-refractivity contribution in [3.63, 3.8) is 0 Å². The Kier molecular flexibility index (Phi) is 8.31. The molecular formula is C18H27BrN2O2. The third kappa shape index (κ3) is 5.65. The first-order chi connectivity index (χ1) is 10.9. The standard InChI is InChI=1S/C18H27BrN2O2/c1-5-7-12-21(6-2)18(23)16(13(3)4)20-17(22)14-10-8-9-11-15(14)19/h8-11,13,16H,5-7,12H2,1-4H3,(H,20,22). The minimum atomic E-state index is -0.508. The first-order valence-electron chi connectivity index (χ1n) is 8.26. The molecule has 1 N–H and O–H groups in total. The maximum atomic E-state index is 12.8. The molecule has 23 heavy (non-hydrogen) atoms. The molecule has 1 atom stereocenters. The molecule has 1 aromatic carbocycles. The van der Waals surface area contributed by atoms with Gasteiger partial charge in [-0.15, -0.1) is 0 Å². The van der Waals surface area contributed by atoms with Crippen LogP contribution in [0.2, 0.25) is 0 Å². The molecule has 0 aromatic heterocycles. The van der Waals surface area contributed by atoms with Crippen LogP contribution in [-0.4, -0.2) is 35.8 Å². The van der Waals surface area contributed by atoms with E-state index in [0.29, 0.717) is 12.1 Å². The van der Waals surface area contributed by atoms with E-state index < -0.39 is 6.04 Å². The highest BCUT2D eigenvalue weighted by molar-refractivity contribution is 9.10. The van der Waals surface area contributed by atoms with Gasteiger partial charge in [0.2, 0.25) is 5.91 Å². The number of benzene rings is 1. The molecule has 1 aromatic rings. The first kappa shape index (κ1) is 19.7. The van der Waals surface area contributed by atoms with Crippen LogP contribution in [0.15, 0.2) is 28.7 Å². The van der Waals surface area contributed by atoms with Crippen LogP contribution in [0.3, 0.4) is 0 Å². The fraction of sp³-hybridized carbons (Fsp3) is 0.556. The molecule has 0 aliphatic heterocycles. The molecule has 0 saturated heterocycles. The van der Waals surface area contributed by atoms with Gasteiger partial charge in [-0.3, -0.25) is 9.59 Å². The molecule has 0 fully saturated rings. The van der Waals surface area contributed by atoms with E-state index in [4.69, 9.17) is 0 Å². The van der Waals surface area contributed by atoms with Crippen molar-refractivity contribution < 1.29 is 9.59 Å². The van der Waals surface area contributed by atoms with Gasteiger partial charge in [0.05, 0.1) is 5.56 Å². The van der Waals surface area contributed by atoms with Gasteiger partial charge < -0.3 is 10.2 Å². The lowest BCUT2D eigenvalue weighted by molar-refractivity contribution is -0.134. The van der Waals surface area contributed by atoms with E-state index >= 15 is 0 Å². The molecule has 2 amide bonds. The SMILES string of the molecule is CCCCN(CC)C(=O)C(NC(=O)c1ccccc1Br)C(C)C. The summed E-state index contributed by atoms with van der Waals surface area (Å²) < 4.78 is 0.728. The Bertz CT molecular complexity index is 532. The molecule has 0 radical (unpaired) electrons. The van der Waals surface area contributed by atoms with E-state index in [9.17, 15) is 9.59 Å². The van der Waals surface area contributed by atoms with Gasteiger partial charge >= 0.3 is 0 Å². The van der Waals surface area contributed by atoms with E-state index in [1.54, 1.807) is 6.07 Å². The van der Waals surface area contributed by atoms with Crippen LogP contribution in [0.25, 0.3) is 0 Å². The van der Waals surface area contributed by atoms with Crippen molar-refractivity contribution >= 4 is 27.7 Å². The smallest absolute Gasteiger partial charge is 0.253 e. The number of carbonyl (C=O) groups is 2. The van der Waals surface area contributed by atoms with Crippen LogP contribution in [0, 0.1) is 5.92 Å². The predicted octanol–water partition coefficient (Wildman–Crippen LogP) is 3.85. The molecule has 4 nitrogen and oxygen atoms in total. The highest BCUT2D eigenvalue weighted by Crippen LogP contribution is 2.17. The number of nitrogens with one attached hydrogen (secondary N) is 1. The Morgan fingerprint density at radius 1 is 1.22 bits per heavy atom. The van der Waals surface area contributed by atoms with E-state index in [1.165, 1.54) is 0 Å². The molecule has 0 aliphatic carbocycles. The Hall–Kier alpha value is -1.36. The number of amides is 2. The average Bonchev–Trinajstić information content (AvgIpc) is 2.53. The summed E-state index contributed by atoms with van der Waals surface area (Å²) in [7, 11) is 0. The Morgan fingerprint density at radius 3 is 2.39 bits per heavy atom. The molecule has 0 heterocycles. The summed E-state index contributed by atoms with van der Waals surface area (Å²) in [6.07, 6.45) is 2.02. The number of nitrogens with zero attached hydrogens (tertiary/aromatic N) is 1. The number of carbonyl (C=O) groups excluding carboxylic acids is 2. The zero-order valence-corrected chi connectivity index (χ0v) is 16.0. The third-order valence-electron chi connectivity index (χ3n) is 3.81. The lowest BCUT2D eigenvalue weighted by atomic mass is 10.0. The summed E-state index contributed by atoms with van der Waals surface area (Å²) in [4.78, 5) is 27.1. The lowest BCUT2D eigenvalue weighted by Crippen LogP contribution is -2.51. The van der Waals surface area contributed by atoms with Gasteiger partial charge in [-0.25, -0.2) is 0 Å². The summed E-state index contributed by atoms with van der Waals surface area (Å²) in [5, 5.41) is 2.90. The summed E-state index contributed by atoms with van der Waals surface area (Å²) >= 11 is 3.38. The summed E-state index contributed by atoms with van der Waals surface area (Å²) in [5.74, 6) is -0.197. The van der Waals surface area contributed by atoms with E-state index in [1.807, 2.05) is 43.9 Å². The quantitative estimate of drug-likeness (QED) is 0.741. The Morgan fingerprint density at radius 2 is 1.87 bits per heavy atom. The molecule has 0 saturated carbocycles. The minimum Gasteiger partial charge on any atom is -0.341 e. The first-order valence-corrected chi connectivity index (χ1v) is 9.05. The molecule has 0 bridgehead atoms. The average molecular weight is 383 g/mol. The fourth-order valence-electron chi connectivity index (χ4n) is 2.35. The van der Waals surface area contributed by atoms with Crippen LogP contribution in [-0.2, 0) is 4.79 Å². The topological polar surface area (TPSA) is 49.4 Å². The van der Waals surface area contributed by atoms with Crippen molar-refractivity contribution in [2.24, 2.45) is 5.92 Å². The second kappa shape index (κ2) is 9.71. The van der Waals surface area contributed by atoms with Crippen molar-refractivity contribution in [1.82, 2.24) is 10.2 Å². The Balaban J connectivity index is 2.88. The number of hydrogen-bond donors (Lipinski definition) is 1. The number of hydrogen-bond acceptors (Lipinski definition) is 2. The normalized spacial score (nSPS) is 12.1. The Labute approximate surface area is 147 Å². The monoisotopic (exact) mass is 382 g/mol. The molecular weight excluding hydrogens is 356 g/mol. The van der Waals surface area contributed by atoms with Crippen molar-refractivity contribution in [3.8, 4) is 0 Å². The maximum absolute atomic E-state index is 12.8. The van der Waals surface area contributed by atoms with Gasteiger partial charge in [0.1, 0.15) is 6.04 Å². The molecule has 128 valence electrons. The number of likely N-dealkylation sites (N-methyl/N-ethyl adjacent to an activating group) is 1. The molecule has 0 aliphatic rings. The second-order valence-corrected chi connectivity index (χ2v) is 6.80. The maximum Gasteiger partial charge on any atom is 0.253 e. The van der Waals surface area contributed by atoms with Crippen molar-refractivity contribution in [1.29, 1.82) is 0 Å². The van der Waals surface area contributed by atoms with Gasteiger partial charge in [0.15, 0.2) is 0 Å². The van der Waals surface area contributed by atoms with Crippen LogP contribution >= 0.6 is 15.9 Å². The van der Waals surface area contributed by atoms with Crippen molar-refractivity contribution in [2.45, 2.75) is 46.6 Å². The minimum absolute atomic E-state index is 0.00338. The largest absolute Gasteiger partial charge is 0.341 e. The van der Waals surface area contributed by atoms with E-state index in [2.05, 4.69) is 28.2 Å². The number of rotatable bonds is 8. The molecule has 5 heteroatoms. The van der Waals surface area contributed by atoms with Crippen LogP contribution < -0.4 is 5.32 Å². The zero-order valence-electron chi connectivity index (χ0n) is 14.4. The van der Waals surface area contributed by atoms with Crippen molar-refractivity contribution in [2.75, 3.05) is 13.1 Å². The molecule has 0 spiro atoms. The lowest BCUT2D eigenvalue weighted by Gasteiger charge is -2.29. The number of halogens is 1. The van der Waals surface area contributed by atoms with Gasteiger partial charge in [-0.2, -0.15) is 0 Å². The van der Waals surface area contributed by atoms with E-state index in [0.717, 1.165) is 23.9 Å². The number of unbranched alkanes of at least 4 members (excludes halogenated alkanes) is 1. The fourth-order valence-corrected chi connectivity index (χ4v) is 2.81. The van der Waals surface area contributed by atoms with Crippen LogP contribution in [0.5, 0.6) is 0 Å². The third-order valence-corrected chi connectivity index (χ3v) is 4.50. The highest BCUT2D eigenvalue weighted by Gasteiger charge is 2.28. The van der Waals surface area contributed by atoms with Gasteiger partial charge in [0.25, 0.3) is 5.91 Å². The van der Waals surface area contributed by atoms with E-state index in [-0.39, 0.29) is 17.7 Å². The van der Waals surface area contributed by atoms with Gasteiger partial charge in [-0.1, -0.05) is 39.3 Å². The molecule has 1 rings (SSSR count). The predicted molar refractivity (Wildman–Crippen MR) is 97.4 cm³/mol. The summed E-state index contributed by atoms with van der Waals surface area (Å²) in [6.45, 7) is 9.38. The summed E-state index contributed by atoms with van der Waals surface area (Å²) in [5.41, 5.74) is 0.544. The van der Waals surface area contributed by atoms with Gasteiger partial charge in [0, 0.05) is 17.6 Å². The van der Waals surface area contributed by atoms with Crippen LogP contribution in [0.1, 0.15) is 50.9 Å². The summed E-state index contributed by atoms with van der Waals surface area (Å²) in [6, 6.07) is 6.73. The molecule has 1 unspecified atom stereocenters. The van der Waals surface area contributed by atoms with Crippen molar-refractivity contribution in [3.05, 3.63) is 34.3 Å². The zero-order chi connectivity index (χ0) is 17.4.